The van der Waals surface area contributed by atoms with E-state index in [0.717, 1.165) is 12.5 Å². The van der Waals surface area contributed by atoms with Gasteiger partial charge >= 0.3 is 0 Å². The molecule has 0 bridgehead atoms. The molecule has 2 aromatic carbocycles. The molecule has 2 aromatic rings. The smallest absolute Gasteiger partial charge is 0.220 e. The molecular weight excluding hydrogens is 418 g/mol. The fraction of sp³-hybridized carbons (Fsp3) is 0.567. The van der Waals surface area contributed by atoms with Crippen LogP contribution in [0.2, 0.25) is 25.2 Å². The van der Waals surface area contributed by atoms with Crippen molar-refractivity contribution in [3.05, 3.63) is 71.3 Å². The molecule has 0 heterocycles. The lowest BCUT2D eigenvalue weighted by molar-refractivity contribution is -0.121. The first kappa shape index (κ1) is 27.4. The van der Waals surface area contributed by atoms with Gasteiger partial charge in [0.05, 0.1) is 6.04 Å². The van der Waals surface area contributed by atoms with Gasteiger partial charge in [-0.1, -0.05) is 138 Å². The van der Waals surface area contributed by atoms with Crippen molar-refractivity contribution in [2.24, 2.45) is 0 Å². The number of aryl methyl sites for hydroxylation is 1. The summed E-state index contributed by atoms with van der Waals surface area (Å²) in [6.07, 6.45) is 12.5. The molecule has 0 spiro atoms. The number of benzene rings is 2. The SMILES string of the molecule is CCCCCCCCCC[Si](C)(C)CCC(=O)N[C@@H](Cc1ccc(C)cc1)c1ccccc1. The van der Waals surface area contributed by atoms with Crippen LogP contribution in [0.5, 0.6) is 0 Å². The van der Waals surface area contributed by atoms with Crippen molar-refractivity contribution in [1.29, 1.82) is 0 Å². The molecule has 0 saturated heterocycles. The Morgan fingerprint density at radius 2 is 1.42 bits per heavy atom. The third kappa shape index (κ3) is 11.7. The maximum absolute atomic E-state index is 12.9. The summed E-state index contributed by atoms with van der Waals surface area (Å²) in [6.45, 7) is 9.31. The van der Waals surface area contributed by atoms with Gasteiger partial charge in [0.2, 0.25) is 5.91 Å². The second-order valence-electron chi connectivity index (χ2n) is 10.6. The van der Waals surface area contributed by atoms with Crippen molar-refractivity contribution in [1.82, 2.24) is 5.32 Å². The van der Waals surface area contributed by atoms with Crippen molar-refractivity contribution in [2.45, 2.75) is 109 Å². The Kier molecular flexibility index (Phi) is 12.5. The van der Waals surface area contributed by atoms with Gasteiger partial charge in [0.1, 0.15) is 0 Å². The Bertz CT molecular complexity index is 785. The van der Waals surface area contributed by atoms with Crippen LogP contribution < -0.4 is 5.32 Å². The first-order chi connectivity index (χ1) is 15.9. The van der Waals surface area contributed by atoms with Crippen LogP contribution in [0.3, 0.4) is 0 Å². The largest absolute Gasteiger partial charge is 0.349 e. The molecule has 3 heteroatoms. The highest BCUT2D eigenvalue weighted by Crippen LogP contribution is 2.23. The first-order valence-corrected chi connectivity index (χ1v) is 16.7. The molecule has 0 saturated carbocycles. The van der Waals surface area contributed by atoms with E-state index >= 15 is 0 Å². The van der Waals surface area contributed by atoms with E-state index in [0.29, 0.717) is 6.42 Å². The van der Waals surface area contributed by atoms with Gasteiger partial charge in [-0.05, 0) is 30.5 Å². The summed E-state index contributed by atoms with van der Waals surface area (Å²) >= 11 is 0. The van der Waals surface area contributed by atoms with Crippen molar-refractivity contribution in [3.63, 3.8) is 0 Å². The third-order valence-electron chi connectivity index (χ3n) is 6.83. The topological polar surface area (TPSA) is 29.1 Å². The van der Waals surface area contributed by atoms with Crippen LogP contribution in [-0.4, -0.2) is 14.0 Å². The number of rotatable bonds is 16. The van der Waals surface area contributed by atoms with Crippen molar-refractivity contribution in [3.8, 4) is 0 Å². The maximum atomic E-state index is 12.9. The maximum Gasteiger partial charge on any atom is 0.220 e. The molecule has 0 aliphatic heterocycles. The van der Waals surface area contributed by atoms with E-state index in [1.54, 1.807) is 0 Å². The average molecular weight is 466 g/mol. The molecule has 0 aliphatic rings. The van der Waals surface area contributed by atoms with Gasteiger partial charge in [0, 0.05) is 14.5 Å². The van der Waals surface area contributed by atoms with Crippen LogP contribution in [0.4, 0.5) is 0 Å². The lowest BCUT2D eigenvalue weighted by Crippen LogP contribution is -2.33. The lowest BCUT2D eigenvalue weighted by Gasteiger charge is -2.24. The molecular formula is C30H47NOSi. The molecule has 0 aromatic heterocycles. The first-order valence-electron chi connectivity index (χ1n) is 13.3. The summed E-state index contributed by atoms with van der Waals surface area (Å²) in [5.41, 5.74) is 3.71. The highest BCUT2D eigenvalue weighted by Gasteiger charge is 2.22. The van der Waals surface area contributed by atoms with Crippen molar-refractivity contribution < 1.29 is 4.79 Å². The van der Waals surface area contributed by atoms with E-state index in [9.17, 15) is 4.79 Å². The number of unbranched alkanes of at least 4 members (excludes halogenated alkanes) is 7. The predicted molar refractivity (Wildman–Crippen MR) is 147 cm³/mol. The van der Waals surface area contributed by atoms with E-state index in [2.05, 4.69) is 80.8 Å². The molecule has 2 nitrogen and oxygen atoms in total. The summed E-state index contributed by atoms with van der Waals surface area (Å²) in [4.78, 5) is 12.9. The predicted octanol–water partition coefficient (Wildman–Crippen LogP) is 8.63. The Balaban J connectivity index is 1.78. The van der Waals surface area contributed by atoms with E-state index in [1.165, 1.54) is 74.1 Å². The van der Waals surface area contributed by atoms with E-state index in [1.807, 2.05) is 6.07 Å². The third-order valence-corrected chi connectivity index (χ3v) is 10.1. The number of hydrogen-bond donors (Lipinski definition) is 1. The Morgan fingerprint density at radius 1 is 0.818 bits per heavy atom. The van der Waals surface area contributed by atoms with E-state index in [-0.39, 0.29) is 11.9 Å². The standard InChI is InChI=1S/C30H47NOSi/c1-5-6-7-8-9-10-11-15-23-33(3,4)24-22-30(32)31-29(28-16-13-12-14-17-28)25-27-20-18-26(2)19-21-27/h12-14,16-21,29H,5-11,15,22-25H2,1-4H3,(H,31,32)/t29-/m0/s1. The fourth-order valence-corrected chi connectivity index (χ4v) is 6.84. The summed E-state index contributed by atoms with van der Waals surface area (Å²) < 4.78 is 0. The van der Waals surface area contributed by atoms with Crippen LogP contribution in [0, 0.1) is 6.92 Å². The van der Waals surface area contributed by atoms with Crippen LogP contribution >= 0.6 is 0 Å². The van der Waals surface area contributed by atoms with Gasteiger partial charge in [-0.25, -0.2) is 0 Å². The number of carbonyl (C=O) groups excluding carboxylic acids is 1. The average Bonchev–Trinajstić information content (AvgIpc) is 2.81. The molecule has 0 fully saturated rings. The van der Waals surface area contributed by atoms with Gasteiger partial charge in [0.25, 0.3) is 0 Å². The van der Waals surface area contributed by atoms with Gasteiger partial charge < -0.3 is 5.32 Å². The minimum absolute atomic E-state index is 0.0268. The molecule has 182 valence electrons. The molecule has 0 unspecified atom stereocenters. The normalized spacial score (nSPS) is 12.5. The second kappa shape index (κ2) is 15.1. The Labute approximate surface area is 204 Å². The molecule has 2 rings (SSSR count). The van der Waals surface area contributed by atoms with E-state index < -0.39 is 8.07 Å². The Hall–Kier alpha value is -1.87. The second-order valence-corrected chi connectivity index (χ2v) is 15.9. The summed E-state index contributed by atoms with van der Waals surface area (Å²) in [5, 5.41) is 3.35. The van der Waals surface area contributed by atoms with Gasteiger partial charge in [-0.15, -0.1) is 0 Å². The summed E-state index contributed by atoms with van der Waals surface area (Å²) in [6, 6.07) is 21.5. The highest BCUT2D eigenvalue weighted by atomic mass is 28.3. The number of amides is 1. The number of carbonyl (C=O) groups is 1. The van der Waals surface area contributed by atoms with Crippen molar-refractivity contribution >= 4 is 14.0 Å². The van der Waals surface area contributed by atoms with Gasteiger partial charge in [-0.2, -0.15) is 0 Å². The van der Waals surface area contributed by atoms with Crippen LogP contribution in [0.15, 0.2) is 54.6 Å². The van der Waals surface area contributed by atoms with Crippen molar-refractivity contribution in [2.75, 3.05) is 0 Å². The molecule has 0 radical (unpaired) electrons. The van der Waals surface area contributed by atoms with Crippen LogP contribution in [0.1, 0.15) is 87.4 Å². The van der Waals surface area contributed by atoms with E-state index in [4.69, 9.17) is 0 Å². The van der Waals surface area contributed by atoms with Crippen LogP contribution in [0.25, 0.3) is 0 Å². The summed E-state index contributed by atoms with van der Waals surface area (Å²) in [7, 11) is -1.32. The minimum atomic E-state index is -1.32. The highest BCUT2D eigenvalue weighted by molar-refractivity contribution is 6.77. The zero-order chi connectivity index (χ0) is 23.9. The van der Waals surface area contributed by atoms with Gasteiger partial charge in [-0.3, -0.25) is 4.79 Å². The summed E-state index contributed by atoms with van der Waals surface area (Å²) in [5.74, 6) is 0.201. The minimum Gasteiger partial charge on any atom is -0.349 e. The lowest BCUT2D eigenvalue weighted by atomic mass is 9.98. The molecule has 1 amide bonds. The molecule has 1 atom stereocenters. The zero-order valence-electron chi connectivity index (χ0n) is 21.7. The van der Waals surface area contributed by atoms with Crippen LogP contribution in [-0.2, 0) is 11.2 Å². The Morgan fingerprint density at radius 3 is 2.06 bits per heavy atom. The van der Waals surface area contributed by atoms with Gasteiger partial charge in [0.15, 0.2) is 0 Å². The number of nitrogens with one attached hydrogen (secondary N) is 1. The quantitative estimate of drug-likeness (QED) is 0.195. The molecule has 33 heavy (non-hydrogen) atoms. The fourth-order valence-electron chi connectivity index (χ4n) is 4.48. The monoisotopic (exact) mass is 465 g/mol. The zero-order valence-corrected chi connectivity index (χ0v) is 22.7. The molecule has 1 N–H and O–H groups in total. The number of hydrogen-bond acceptors (Lipinski definition) is 1. The molecule has 0 aliphatic carbocycles.